The third-order valence-electron chi connectivity index (χ3n) is 2.79. The molecule has 0 spiro atoms. The Kier molecular flexibility index (Phi) is 4.19. The van der Waals surface area contributed by atoms with Crippen molar-refractivity contribution in [2.24, 2.45) is 0 Å². The number of thioether (sulfide) groups is 1. The third kappa shape index (κ3) is 3.24. The lowest BCUT2D eigenvalue weighted by molar-refractivity contribution is -0.133. The molecule has 1 heterocycles. The van der Waals surface area contributed by atoms with Crippen molar-refractivity contribution in [1.29, 1.82) is 0 Å². The number of aliphatic carboxylic acids is 1. The summed E-state index contributed by atoms with van der Waals surface area (Å²) >= 11 is 0.923. The molecular formula is C13H13N3O3S. The number of carboxylic acid groups (broad SMARTS) is 1. The van der Waals surface area contributed by atoms with Crippen LogP contribution in [-0.4, -0.2) is 32.0 Å². The Hall–Kier alpha value is -2.15. The highest BCUT2D eigenvalue weighted by Crippen LogP contribution is 2.17. The van der Waals surface area contributed by atoms with E-state index in [0.717, 1.165) is 22.9 Å². The van der Waals surface area contributed by atoms with Crippen LogP contribution in [0, 0.1) is 13.8 Å². The van der Waals surface area contributed by atoms with Crippen LogP contribution in [-0.2, 0) is 4.79 Å². The number of aromatic nitrogens is 3. The molecular weight excluding hydrogens is 278 g/mol. The summed E-state index contributed by atoms with van der Waals surface area (Å²) in [6, 6.07) is 5.60. The lowest BCUT2D eigenvalue weighted by atomic mass is 10.0. The van der Waals surface area contributed by atoms with Crippen molar-refractivity contribution < 1.29 is 9.90 Å². The summed E-state index contributed by atoms with van der Waals surface area (Å²) in [5.41, 5.74) is 2.74. The number of hydrogen-bond donors (Lipinski definition) is 2. The third-order valence-corrected chi connectivity index (χ3v) is 3.64. The van der Waals surface area contributed by atoms with Gasteiger partial charge < -0.3 is 5.11 Å². The highest BCUT2D eigenvalue weighted by atomic mass is 32.2. The summed E-state index contributed by atoms with van der Waals surface area (Å²) in [6.45, 7) is 3.94. The van der Waals surface area contributed by atoms with Crippen LogP contribution in [0.4, 0.5) is 0 Å². The van der Waals surface area contributed by atoms with E-state index in [1.54, 1.807) is 0 Å². The van der Waals surface area contributed by atoms with E-state index in [4.69, 9.17) is 5.11 Å². The zero-order chi connectivity index (χ0) is 14.7. The van der Waals surface area contributed by atoms with Crippen molar-refractivity contribution in [1.82, 2.24) is 15.2 Å². The summed E-state index contributed by atoms with van der Waals surface area (Å²) in [5, 5.41) is 16.5. The molecule has 0 atom stereocenters. The van der Waals surface area contributed by atoms with Gasteiger partial charge in [0, 0.05) is 5.56 Å². The summed E-state index contributed by atoms with van der Waals surface area (Å²) < 4.78 is 0. The molecule has 0 saturated heterocycles. The molecule has 104 valence electrons. The summed E-state index contributed by atoms with van der Waals surface area (Å²) in [4.78, 5) is 25.0. The average Bonchev–Trinajstić information content (AvgIpc) is 2.40. The van der Waals surface area contributed by atoms with Crippen molar-refractivity contribution in [3.8, 4) is 11.3 Å². The second-order valence-corrected chi connectivity index (χ2v) is 5.25. The topological polar surface area (TPSA) is 95.9 Å². The molecule has 0 unspecified atom stereocenters. The summed E-state index contributed by atoms with van der Waals surface area (Å²) in [7, 11) is 0. The van der Waals surface area contributed by atoms with Gasteiger partial charge in [-0.1, -0.05) is 23.9 Å². The van der Waals surface area contributed by atoms with Crippen LogP contribution in [0.3, 0.4) is 0 Å². The number of hydrogen-bond acceptors (Lipinski definition) is 5. The minimum atomic E-state index is -0.976. The van der Waals surface area contributed by atoms with Gasteiger partial charge in [-0.2, -0.15) is 0 Å². The van der Waals surface area contributed by atoms with Gasteiger partial charge in [-0.05, 0) is 31.0 Å². The van der Waals surface area contributed by atoms with Crippen molar-refractivity contribution in [2.75, 3.05) is 5.75 Å². The predicted octanol–water partition coefficient (Wildman–Crippen LogP) is 1.63. The van der Waals surface area contributed by atoms with Gasteiger partial charge in [0.2, 0.25) is 0 Å². The lowest BCUT2D eigenvalue weighted by Gasteiger charge is -2.04. The number of rotatable bonds is 4. The fourth-order valence-electron chi connectivity index (χ4n) is 1.59. The Morgan fingerprint density at radius 3 is 2.65 bits per heavy atom. The largest absolute Gasteiger partial charge is 0.481 e. The molecule has 2 N–H and O–H groups in total. The van der Waals surface area contributed by atoms with E-state index in [1.165, 1.54) is 0 Å². The number of nitrogens with zero attached hydrogens (tertiary/aromatic N) is 2. The summed E-state index contributed by atoms with van der Waals surface area (Å²) in [5.74, 6) is -1.15. The molecule has 6 nitrogen and oxygen atoms in total. The van der Waals surface area contributed by atoms with E-state index in [-0.39, 0.29) is 22.2 Å². The second kappa shape index (κ2) is 5.87. The molecule has 0 fully saturated rings. The van der Waals surface area contributed by atoms with Crippen LogP contribution in [0.25, 0.3) is 11.3 Å². The molecule has 7 heteroatoms. The van der Waals surface area contributed by atoms with Crippen LogP contribution in [0.2, 0.25) is 0 Å². The first kappa shape index (κ1) is 14.3. The normalized spacial score (nSPS) is 10.5. The number of carboxylic acids is 1. The van der Waals surface area contributed by atoms with Gasteiger partial charge in [0.25, 0.3) is 5.56 Å². The maximum Gasteiger partial charge on any atom is 0.313 e. The minimum absolute atomic E-state index is 0.173. The molecule has 1 aromatic heterocycles. The Morgan fingerprint density at radius 1 is 1.30 bits per heavy atom. The highest BCUT2D eigenvalue weighted by Gasteiger charge is 2.09. The highest BCUT2D eigenvalue weighted by molar-refractivity contribution is 7.99. The molecule has 0 aliphatic rings. The molecule has 2 rings (SSSR count). The van der Waals surface area contributed by atoms with Crippen molar-refractivity contribution in [3.05, 3.63) is 39.7 Å². The molecule has 0 bridgehead atoms. The molecule has 0 aliphatic carbocycles. The van der Waals surface area contributed by atoms with Crippen LogP contribution >= 0.6 is 11.8 Å². The Labute approximate surface area is 119 Å². The van der Waals surface area contributed by atoms with Gasteiger partial charge in [0.15, 0.2) is 10.9 Å². The fourth-order valence-corrected chi connectivity index (χ4v) is 2.12. The zero-order valence-electron chi connectivity index (χ0n) is 11.0. The molecule has 1 aromatic carbocycles. The first-order valence-corrected chi connectivity index (χ1v) is 6.85. The van der Waals surface area contributed by atoms with E-state index in [2.05, 4.69) is 15.2 Å². The standard InChI is InChI=1S/C13H13N3O3S/c1-7-3-4-9(5-8(7)2)11-12(19)14-13(16-15-11)20-6-10(17)18/h3-5H,6H2,1-2H3,(H,17,18)(H,14,16,19). The number of nitrogens with one attached hydrogen (secondary N) is 1. The summed E-state index contributed by atoms with van der Waals surface area (Å²) in [6.07, 6.45) is 0. The Balaban J connectivity index is 2.31. The quantitative estimate of drug-likeness (QED) is 0.831. The molecule has 0 aliphatic heterocycles. The number of carbonyl (C=O) groups is 1. The van der Waals surface area contributed by atoms with Gasteiger partial charge in [-0.3, -0.25) is 14.6 Å². The lowest BCUT2D eigenvalue weighted by Crippen LogP contribution is -2.14. The van der Waals surface area contributed by atoms with Crippen LogP contribution in [0.15, 0.2) is 28.2 Å². The van der Waals surface area contributed by atoms with E-state index in [9.17, 15) is 9.59 Å². The van der Waals surface area contributed by atoms with Crippen LogP contribution < -0.4 is 5.56 Å². The van der Waals surface area contributed by atoms with Crippen molar-refractivity contribution in [3.63, 3.8) is 0 Å². The van der Waals surface area contributed by atoms with E-state index >= 15 is 0 Å². The van der Waals surface area contributed by atoms with Gasteiger partial charge in [0.1, 0.15) is 0 Å². The zero-order valence-corrected chi connectivity index (χ0v) is 11.8. The maximum absolute atomic E-state index is 12.0. The van der Waals surface area contributed by atoms with Gasteiger partial charge >= 0.3 is 5.97 Å². The van der Waals surface area contributed by atoms with E-state index < -0.39 is 5.97 Å². The Bertz CT molecular complexity index is 712. The minimum Gasteiger partial charge on any atom is -0.481 e. The van der Waals surface area contributed by atoms with Gasteiger partial charge in [-0.25, -0.2) is 0 Å². The van der Waals surface area contributed by atoms with E-state index in [1.807, 2.05) is 32.0 Å². The number of aromatic amines is 1. The maximum atomic E-state index is 12.0. The smallest absolute Gasteiger partial charge is 0.313 e. The van der Waals surface area contributed by atoms with Crippen molar-refractivity contribution in [2.45, 2.75) is 19.0 Å². The fraction of sp³-hybridized carbons (Fsp3) is 0.231. The van der Waals surface area contributed by atoms with Crippen molar-refractivity contribution >= 4 is 17.7 Å². The molecule has 20 heavy (non-hydrogen) atoms. The first-order chi connectivity index (χ1) is 9.47. The molecule has 2 aromatic rings. The van der Waals surface area contributed by atoms with Gasteiger partial charge in [0.05, 0.1) is 5.75 Å². The predicted molar refractivity (Wildman–Crippen MR) is 75.9 cm³/mol. The first-order valence-electron chi connectivity index (χ1n) is 5.86. The number of H-pyrrole nitrogens is 1. The van der Waals surface area contributed by atoms with Crippen LogP contribution in [0.1, 0.15) is 11.1 Å². The Morgan fingerprint density at radius 2 is 2.05 bits per heavy atom. The van der Waals surface area contributed by atoms with Crippen LogP contribution in [0.5, 0.6) is 0 Å². The SMILES string of the molecule is Cc1ccc(-c2nnc(SCC(=O)O)[nH]c2=O)cc1C. The number of aryl methyl sites for hydroxylation is 2. The van der Waals surface area contributed by atoms with E-state index in [0.29, 0.717) is 5.56 Å². The molecule has 0 saturated carbocycles. The number of benzene rings is 1. The average molecular weight is 291 g/mol. The monoisotopic (exact) mass is 291 g/mol. The molecule has 0 radical (unpaired) electrons. The molecule has 0 amide bonds. The second-order valence-electron chi connectivity index (χ2n) is 4.29. The van der Waals surface area contributed by atoms with Gasteiger partial charge in [-0.15, -0.1) is 10.2 Å².